The maximum absolute atomic E-state index is 12.8. The summed E-state index contributed by atoms with van der Waals surface area (Å²) in [6.45, 7) is -0.0998. The zero-order valence-corrected chi connectivity index (χ0v) is 9.72. The lowest BCUT2D eigenvalue weighted by atomic mass is 10.1. The fourth-order valence-electron chi connectivity index (χ4n) is 1.48. The quantitative estimate of drug-likeness (QED) is 0.686. The van der Waals surface area contributed by atoms with E-state index in [1.165, 1.54) is 0 Å². The molecule has 0 aliphatic rings. The number of nitro groups is 1. The Labute approximate surface area is 109 Å². The van der Waals surface area contributed by atoms with Crippen molar-refractivity contribution in [2.45, 2.75) is 12.7 Å². The molecular weight excluding hydrogens is 281 g/mol. The van der Waals surface area contributed by atoms with E-state index in [4.69, 9.17) is 0 Å². The molecule has 0 saturated heterocycles. The van der Waals surface area contributed by atoms with Crippen LogP contribution < -0.4 is 5.32 Å². The standard InChI is InChI=1S/C10H7F3N4O3/c11-10(12,13)7-3-6(17(18)19)1-2-8(7)14-4-9-15-5-20-16-9/h1-3,5,14H,4H2. The zero-order chi connectivity index (χ0) is 14.8. The molecule has 0 aliphatic heterocycles. The third kappa shape index (κ3) is 3.02. The molecule has 0 fully saturated rings. The van der Waals surface area contributed by atoms with Crippen LogP contribution in [0.25, 0.3) is 0 Å². The van der Waals surface area contributed by atoms with E-state index in [9.17, 15) is 23.3 Å². The van der Waals surface area contributed by atoms with Crippen LogP contribution in [-0.2, 0) is 12.7 Å². The fourth-order valence-corrected chi connectivity index (χ4v) is 1.48. The summed E-state index contributed by atoms with van der Waals surface area (Å²) in [5.41, 5.74) is -2.06. The molecule has 0 amide bonds. The molecule has 7 nitrogen and oxygen atoms in total. The number of hydrogen-bond donors (Lipinski definition) is 1. The minimum Gasteiger partial charge on any atom is -0.377 e. The molecule has 20 heavy (non-hydrogen) atoms. The van der Waals surface area contributed by atoms with Crippen molar-refractivity contribution >= 4 is 11.4 Å². The molecule has 1 aromatic carbocycles. The van der Waals surface area contributed by atoms with Crippen LogP contribution in [0.3, 0.4) is 0 Å². The number of non-ortho nitro benzene ring substituents is 1. The molecule has 0 saturated carbocycles. The van der Waals surface area contributed by atoms with Crippen LogP contribution >= 0.6 is 0 Å². The van der Waals surface area contributed by atoms with Crippen LogP contribution in [0.4, 0.5) is 24.5 Å². The Kier molecular flexibility index (Phi) is 3.55. The average Bonchev–Trinajstić information content (AvgIpc) is 2.88. The van der Waals surface area contributed by atoms with Crippen molar-refractivity contribution in [3.8, 4) is 0 Å². The summed E-state index contributed by atoms with van der Waals surface area (Å²) in [6, 6.07) is 2.44. The van der Waals surface area contributed by atoms with Crippen molar-refractivity contribution in [2.75, 3.05) is 5.32 Å². The van der Waals surface area contributed by atoms with Crippen LogP contribution in [0.2, 0.25) is 0 Å². The van der Waals surface area contributed by atoms with Crippen LogP contribution in [0.1, 0.15) is 11.4 Å². The summed E-state index contributed by atoms with van der Waals surface area (Å²) in [5, 5.41) is 16.4. The molecule has 2 rings (SSSR count). The van der Waals surface area contributed by atoms with Gasteiger partial charge in [-0.1, -0.05) is 5.16 Å². The highest BCUT2D eigenvalue weighted by Crippen LogP contribution is 2.37. The first-order valence-electron chi connectivity index (χ1n) is 5.22. The second-order valence-corrected chi connectivity index (χ2v) is 3.69. The molecule has 1 heterocycles. The Morgan fingerprint density at radius 2 is 2.15 bits per heavy atom. The van der Waals surface area contributed by atoms with Gasteiger partial charge in [-0.3, -0.25) is 10.1 Å². The number of nitro benzene ring substituents is 1. The molecule has 0 unspecified atom stereocenters. The van der Waals surface area contributed by atoms with Gasteiger partial charge in [0.25, 0.3) is 5.69 Å². The van der Waals surface area contributed by atoms with Crippen LogP contribution in [0.15, 0.2) is 29.1 Å². The Balaban J connectivity index is 2.29. The van der Waals surface area contributed by atoms with Crippen molar-refractivity contribution in [2.24, 2.45) is 0 Å². The van der Waals surface area contributed by atoms with E-state index < -0.39 is 22.4 Å². The topological polar surface area (TPSA) is 94.1 Å². The molecular formula is C10H7F3N4O3. The number of rotatable bonds is 4. The molecule has 1 N–H and O–H groups in total. The van der Waals surface area contributed by atoms with Gasteiger partial charge in [0.2, 0.25) is 6.39 Å². The predicted molar refractivity (Wildman–Crippen MR) is 59.7 cm³/mol. The third-order valence-corrected chi connectivity index (χ3v) is 2.36. The highest BCUT2D eigenvalue weighted by molar-refractivity contribution is 5.57. The molecule has 0 radical (unpaired) electrons. The maximum atomic E-state index is 12.8. The van der Waals surface area contributed by atoms with Gasteiger partial charge in [-0.15, -0.1) is 0 Å². The number of hydrogen-bond acceptors (Lipinski definition) is 6. The van der Waals surface area contributed by atoms with Gasteiger partial charge in [0.15, 0.2) is 5.82 Å². The summed E-state index contributed by atoms with van der Waals surface area (Å²) < 4.78 is 43.0. The maximum Gasteiger partial charge on any atom is 0.418 e. The van der Waals surface area contributed by atoms with E-state index >= 15 is 0 Å². The van der Waals surface area contributed by atoms with E-state index in [-0.39, 0.29) is 18.1 Å². The van der Waals surface area contributed by atoms with E-state index in [1.54, 1.807) is 0 Å². The summed E-state index contributed by atoms with van der Waals surface area (Å²) >= 11 is 0. The van der Waals surface area contributed by atoms with Crippen LogP contribution in [0, 0.1) is 10.1 Å². The molecule has 0 atom stereocenters. The molecule has 10 heteroatoms. The predicted octanol–water partition coefficient (Wildman–Crippen LogP) is 2.61. The Morgan fingerprint density at radius 3 is 2.70 bits per heavy atom. The second-order valence-electron chi connectivity index (χ2n) is 3.69. The average molecular weight is 288 g/mol. The monoisotopic (exact) mass is 288 g/mol. The van der Waals surface area contributed by atoms with Gasteiger partial charge in [0.05, 0.1) is 17.0 Å². The van der Waals surface area contributed by atoms with Crippen molar-refractivity contribution in [3.63, 3.8) is 0 Å². The van der Waals surface area contributed by atoms with Crippen molar-refractivity contribution < 1.29 is 22.6 Å². The van der Waals surface area contributed by atoms with Crippen LogP contribution in [-0.4, -0.2) is 15.1 Å². The van der Waals surface area contributed by atoms with Gasteiger partial charge in [-0.25, -0.2) is 0 Å². The van der Waals surface area contributed by atoms with E-state index in [2.05, 4.69) is 20.0 Å². The lowest BCUT2D eigenvalue weighted by Gasteiger charge is -2.13. The first-order chi connectivity index (χ1) is 9.38. The van der Waals surface area contributed by atoms with Gasteiger partial charge in [-0.05, 0) is 6.07 Å². The van der Waals surface area contributed by atoms with Gasteiger partial charge in [0, 0.05) is 17.8 Å². The summed E-state index contributed by atoms with van der Waals surface area (Å²) in [5.74, 6) is 0.163. The number of halogens is 3. The smallest absolute Gasteiger partial charge is 0.377 e. The third-order valence-electron chi connectivity index (χ3n) is 2.36. The minimum absolute atomic E-state index is 0.0998. The molecule has 0 spiro atoms. The van der Waals surface area contributed by atoms with E-state index in [0.717, 1.165) is 18.5 Å². The van der Waals surface area contributed by atoms with Gasteiger partial charge >= 0.3 is 6.18 Å². The van der Waals surface area contributed by atoms with E-state index in [1.807, 2.05) is 0 Å². The van der Waals surface area contributed by atoms with Crippen molar-refractivity contribution in [1.82, 2.24) is 10.1 Å². The molecule has 0 bridgehead atoms. The number of alkyl halides is 3. The fraction of sp³-hybridized carbons (Fsp3) is 0.200. The van der Waals surface area contributed by atoms with E-state index in [0.29, 0.717) is 6.07 Å². The zero-order valence-electron chi connectivity index (χ0n) is 9.72. The number of anilines is 1. The lowest BCUT2D eigenvalue weighted by molar-refractivity contribution is -0.385. The largest absolute Gasteiger partial charge is 0.418 e. The normalized spacial score (nSPS) is 11.3. The minimum atomic E-state index is -4.72. The van der Waals surface area contributed by atoms with Gasteiger partial charge in [0.1, 0.15) is 0 Å². The Bertz CT molecular complexity index is 613. The molecule has 0 aliphatic carbocycles. The van der Waals surface area contributed by atoms with Crippen molar-refractivity contribution in [1.29, 1.82) is 0 Å². The Hall–Kier alpha value is -2.65. The van der Waals surface area contributed by atoms with Gasteiger partial charge < -0.3 is 9.84 Å². The van der Waals surface area contributed by atoms with Gasteiger partial charge in [-0.2, -0.15) is 18.2 Å². The molecule has 106 valence electrons. The summed E-state index contributed by atoms with van der Waals surface area (Å²) in [7, 11) is 0. The van der Waals surface area contributed by atoms with Crippen LogP contribution in [0.5, 0.6) is 0 Å². The number of nitrogens with one attached hydrogen (secondary N) is 1. The summed E-state index contributed by atoms with van der Waals surface area (Å²) in [6.07, 6.45) is -3.68. The number of aromatic nitrogens is 2. The second kappa shape index (κ2) is 5.15. The first kappa shape index (κ1) is 13.8. The number of nitrogens with zero attached hydrogens (tertiary/aromatic N) is 3. The highest BCUT2D eigenvalue weighted by Gasteiger charge is 2.35. The summed E-state index contributed by atoms with van der Waals surface area (Å²) in [4.78, 5) is 13.3. The first-order valence-corrected chi connectivity index (χ1v) is 5.22. The highest BCUT2D eigenvalue weighted by atomic mass is 19.4. The SMILES string of the molecule is O=[N+]([O-])c1ccc(NCc2ncon2)c(C(F)(F)F)c1. The molecule has 1 aromatic heterocycles. The molecule has 2 aromatic rings. The lowest BCUT2D eigenvalue weighted by Crippen LogP contribution is -2.12. The Morgan fingerprint density at radius 1 is 1.40 bits per heavy atom. The number of benzene rings is 1. The van der Waals surface area contributed by atoms with Crippen molar-refractivity contribution in [3.05, 3.63) is 46.1 Å².